The summed E-state index contributed by atoms with van der Waals surface area (Å²) in [6, 6.07) is 3.27. The van der Waals surface area contributed by atoms with Crippen LogP contribution in [-0.4, -0.2) is 16.3 Å². The molecule has 0 unspecified atom stereocenters. The molecular formula is C12H10Cl2N2O. The molecule has 1 aromatic carbocycles. The number of hydrogen-bond donors (Lipinski definition) is 0. The lowest BCUT2D eigenvalue weighted by atomic mass is 10.1. The first-order valence-corrected chi connectivity index (χ1v) is 5.90. The molecule has 0 aliphatic rings. The number of carbonyl (C=O) groups excluding carboxylic acids is 1. The van der Waals surface area contributed by atoms with Crippen molar-refractivity contribution in [2.24, 2.45) is 0 Å². The van der Waals surface area contributed by atoms with Gasteiger partial charge in [-0.15, -0.1) is 0 Å². The average molecular weight is 269 g/mol. The van der Waals surface area contributed by atoms with Gasteiger partial charge in [-0.2, -0.15) is 0 Å². The van der Waals surface area contributed by atoms with Crippen LogP contribution in [0.2, 0.25) is 10.0 Å². The van der Waals surface area contributed by atoms with Crippen molar-refractivity contribution in [1.82, 2.24) is 9.97 Å². The van der Waals surface area contributed by atoms with E-state index in [2.05, 4.69) is 9.97 Å². The number of aldehydes is 1. The van der Waals surface area contributed by atoms with Crippen molar-refractivity contribution >= 4 is 40.5 Å². The molecule has 1 aromatic heterocycles. The average Bonchev–Trinajstić information content (AvgIpc) is 2.29. The van der Waals surface area contributed by atoms with E-state index in [0.717, 1.165) is 0 Å². The molecule has 0 N–H and O–H groups in total. The summed E-state index contributed by atoms with van der Waals surface area (Å²) in [7, 11) is 0. The first-order valence-electron chi connectivity index (χ1n) is 5.14. The smallest absolute Gasteiger partial charge is 0.170 e. The lowest BCUT2D eigenvalue weighted by molar-refractivity contribution is 0.111. The summed E-state index contributed by atoms with van der Waals surface area (Å²) in [5, 5.41) is 0.838. The number of fused-ring (bicyclic) bond motifs is 1. The minimum Gasteiger partial charge on any atom is -0.296 e. The summed E-state index contributed by atoms with van der Waals surface area (Å²) in [6.45, 7) is 3.92. The van der Waals surface area contributed by atoms with Gasteiger partial charge in [-0.1, -0.05) is 37.0 Å². The molecule has 3 nitrogen and oxygen atoms in total. The normalized spacial score (nSPS) is 11.1. The summed E-state index contributed by atoms with van der Waals surface area (Å²) in [5.74, 6) is 0.126. The molecule has 2 rings (SSSR count). The van der Waals surface area contributed by atoms with Gasteiger partial charge in [0.25, 0.3) is 0 Å². The van der Waals surface area contributed by atoms with Crippen LogP contribution in [0.25, 0.3) is 11.0 Å². The maximum Gasteiger partial charge on any atom is 0.170 e. The Balaban J connectivity index is 2.78. The Hall–Kier alpha value is -1.19. The van der Waals surface area contributed by atoms with Crippen LogP contribution in [0.4, 0.5) is 0 Å². The third-order valence-corrected chi connectivity index (χ3v) is 3.14. The molecule has 0 atom stereocenters. The third-order valence-electron chi connectivity index (χ3n) is 2.42. The molecule has 1 heterocycles. The number of halogens is 2. The van der Waals surface area contributed by atoms with Gasteiger partial charge in [0.1, 0.15) is 5.69 Å². The second kappa shape index (κ2) is 4.59. The second-order valence-electron chi connectivity index (χ2n) is 4.02. The Morgan fingerprint density at radius 1 is 1.12 bits per heavy atom. The Morgan fingerprint density at radius 2 is 1.65 bits per heavy atom. The summed E-state index contributed by atoms with van der Waals surface area (Å²) < 4.78 is 0. The van der Waals surface area contributed by atoms with Gasteiger partial charge in [0.05, 0.1) is 26.8 Å². The predicted molar refractivity (Wildman–Crippen MR) is 69.0 cm³/mol. The van der Waals surface area contributed by atoms with E-state index in [-0.39, 0.29) is 5.92 Å². The molecule has 0 radical (unpaired) electrons. The van der Waals surface area contributed by atoms with Crippen LogP contribution in [-0.2, 0) is 0 Å². The number of benzene rings is 1. The van der Waals surface area contributed by atoms with E-state index < -0.39 is 0 Å². The summed E-state index contributed by atoms with van der Waals surface area (Å²) in [4.78, 5) is 19.6. The number of carbonyl (C=O) groups is 1. The van der Waals surface area contributed by atoms with Crippen LogP contribution < -0.4 is 0 Å². The molecule has 0 amide bonds. The molecule has 0 spiro atoms. The summed E-state index contributed by atoms with van der Waals surface area (Å²) in [6.07, 6.45) is 0.713. The lowest BCUT2D eigenvalue weighted by Crippen LogP contribution is -2.03. The molecule has 0 saturated carbocycles. The maximum absolute atomic E-state index is 11.0. The van der Waals surface area contributed by atoms with Gasteiger partial charge in [0.15, 0.2) is 6.29 Å². The number of nitrogens with zero attached hydrogens (tertiary/aromatic N) is 2. The van der Waals surface area contributed by atoms with Gasteiger partial charge in [-0.3, -0.25) is 4.79 Å². The molecule has 2 aromatic rings. The number of hydrogen-bond acceptors (Lipinski definition) is 3. The second-order valence-corrected chi connectivity index (χ2v) is 4.84. The van der Waals surface area contributed by atoms with Crippen LogP contribution in [0.3, 0.4) is 0 Å². The van der Waals surface area contributed by atoms with E-state index in [1.807, 2.05) is 13.8 Å². The quantitative estimate of drug-likeness (QED) is 0.777. The van der Waals surface area contributed by atoms with Gasteiger partial charge in [0, 0.05) is 0 Å². The van der Waals surface area contributed by atoms with Gasteiger partial charge in [-0.25, -0.2) is 9.97 Å². The van der Waals surface area contributed by atoms with E-state index in [9.17, 15) is 4.79 Å². The van der Waals surface area contributed by atoms with E-state index in [1.165, 1.54) is 0 Å². The van der Waals surface area contributed by atoms with Gasteiger partial charge >= 0.3 is 0 Å². The molecule has 0 bridgehead atoms. The van der Waals surface area contributed by atoms with Gasteiger partial charge in [-0.05, 0) is 18.1 Å². The molecule has 0 aliphatic carbocycles. The van der Waals surface area contributed by atoms with Crippen LogP contribution in [0.1, 0.15) is 35.9 Å². The Kier molecular flexibility index (Phi) is 3.31. The van der Waals surface area contributed by atoms with Crippen molar-refractivity contribution in [2.45, 2.75) is 19.8 Å². The molecule has 0 fully saturated rings. The van der Waals surface area contributed by atoms with Crippen molar-refractivity contribution < 1.29 is 4.79 Å². The fourth-order valence-corrected chi connectivity index (χ4v) is 1.91. The van der Waals surface area contributed by atoms with Crippen molar-refractivity contribution in [3.05, 3.63) is 33.6 Å². The van der Waals surface area contributed by atoms with Crippen LogP contribution >= 0.6 is 23.2 Å². The van der Waals surface area contributed by atoms with E-state index in [0.29, 0.717) is 38.8 Å². The highest BCUT2D eigenvalue weighted by Crippen LogP contribution is 2.27. The number of rotatable bonds is 2. The topological polar surface area (TPSA) is 42.9 Å². The standard InChI is InChI=1S/C12H10Cl2N2O/c1-6(2)12-11(5-17)15-9-3-7(13)8(14)4-10(9)16-12/h3-6H,1-2H3. The lowest BCUT2D eigenvalue weighted by Gasteiger charge is -2.09. The zero-order chi connectivity index (χ0) is 12.6. The molecule has 17 heavy (non-hydrogen) atoms. The van der Waals surface area contributed by atoms with Crippen LogP contribution in [0, 0.1) is 0 Å². The van der Waals surface area contributed by atoms with Gasteiger partial charge in [0.2, 0.25) is 0 Å². The highest BCUT2D eigenvalue weighted by atomic mass is 35.5. The van der Waals surface area contributed by atoms with Gasteiger partial charge < -0.3 is 0 Å². The Morgan fingerprint density at radius 3 is 2.12 bits per heavy atom. The zero-order valence-electron chi connectivity index (χ0n) is 9.37. The molecule has 0 saturated heterocycles. The highest BCUT2D eigenvalue weighted by Gasteiger charge is 2.12. The molecule has 0 aliphatic heterocycles. The largest absolute Gasteiger partial charge is 0.296 e. The van der Waals surface area contributed by atoms with E-state index >= 15 is 0 Å². The highest BCUT2D eigenvalue weighted by molar-refractivity contribution is 6.42. The fraction of sp³-hybridized carbons (Fsp3) is 0.250. The Labute approximate surface area is 109 Å². The molecule has 5 heteroatoms. The monoisotopic (exact) mass is 268 g/mol. The summed E-state index contributed by atoms with van der Waals surface area (Å²) in [5.41, 5.74) is 2.25. The molecule has 88 valence electrons. The first-order chi connectivity index (χ1) is 8.02. The number of aromatic nitrogens is 2. The minimum absolute atomic E-state index is 0.126. The maximum atomic E-state index is 11.0. The fourth-order valence-electron chi connectivity index (χ4n) is 1.59. The minimum atomic E-state index is 0.126. The van der Waals surface area contributed by atoms with E-state index in [4.69, 9.17) is 23.2 Å². The SMILES string of the molecule is CC(C)c1nc2cc(Cl)c(Cl)cc2nc1C=O. The third kappa shape index (κ3) is 2.26. The Bertz CT molecular complexity index is 597. The van der Waals surface area contributed by atoms with Crippen molar-refractivity contribution in [3.63, 3.8) is 0 Å². The zero-order valence-corrected chi connectivity index (χ0v) is 10.9. The van der Waals surface area contributed by atoms with Crippen molar-refractivity contribution in [3.8, 4) is 0 Å². The van der Waals surface area contributed by atoms with Crippen LogP contribution in [0.15, 0.2) is 12.1 Å². The first kappa shape index (κ1) is 12.3. The van der Waals surface area contributed by atoms with E-state index in [1.54, 1.807) is 12.1 Å². The van der Waals surface area contributed by atoms with Crippen molar-refractivity contribution in [2.75, 3.05) is 0 Å². The van der Waals surface area contributed by atoms with Crippen molar-refractivity contribution in [1.29, 1.82) is 0 Å². The predicted octanol–water partition coefficient (Wildman–Crippen LogP) is 3.87. The van der Waals surface area contributed by atoms with Crippen LogP contribution in [0.5, 0.6) is 0 Å². The molecular weight excluding hydrogens is 259 g/mol. The summed E-state index contributed by atoms with van der Waals surface area (Å²) >= 11 is 11.8.